The zero-order chi connectivity index (χ0) is 21.3. The summed E-state index contributed by atoms with van der Waals surface area (Å²) in [5.41, 5.74) is 2.39. The van der Waals surface area contributed by atoms with Crippen molar-refractivity contribution in [1.29, 1.82) is 0 Å². The lowest BCUT2D eigenvalue weighted by Gasteiger charge is -2.09. The Morgan fingerprint density at radius 3 is 2.77 bits per heavy atom. The number of carbonyl (C=O) groups is 2. The van der Waals surface area contributed by atoms with Crippen LogP contribution in [0, 0.1) is 5.92 Å². The van der Waals surface area contributed by atoms with E-state index in [4.69, 9.17) is 4.52 Å². The van der Waals surface area contributed by atoms with E-state index in [9.17, 15) is 9.59 Å². The van der Waals surface area contributed by atoms with Gasteiger partial charge in [-0.15, -0.1) is 0 Å². The van der Waals surface area contributed by atoms with Crippen molar-refractivity contribution < 1.29 is 14.1 Å². The number of aryl methyl sites for hydroxylation is 1. The van der Waals surface area contributed by atoms with Gasteiger partial charge in [-0.1, -0.05) is 31.1 Å². The fourth-order valence-electron chi connectivity index (χ4n) is 2.82. The number of rotatable bonds is 9. The number of nitrogens with one attached hydrogen (secondary N) is 2. The van der Waals surface area contributed by atoms with Gasteiger partial charge in [0.25, 0.3) is 0 Å². The number of carbonyl (C=O) groups excluding carboxylic acids is 2. The molecule has 0 aliphatic carbocycles. The molecule has 0 bridgehead atoms. The summed E-state index contributed by atoms with van der Waals surface area (Å²) in [5, 5.41) is 9.67. The van der Waals surface area contributed by atoms with Crippen LogP contribution < -0.4 is 10.6 Å². The standard InChI is InChI=1S/C22H25N5O3/c1-15(2)11-20(29)25-18-7-3-5-16(12-18)13-24-19(28)8-9-21-26-22(27-30-21)17-6-4-10-23-14-17/h3-7,10,12,14-15H,8-9,11,13H2,1-2H3,(H,24,28)(H,25,29). The quantitative estimate of drug-likeness (QED) is 0.563. The van der Waals surface area contributed by atoms with Crippen molar-refractivity contribution in [2.24, 2.45) is 5.92 Å². The molecule has 0 spiro atoms. The molecule has 3 aromatic rings. The topological polar surface area (TPSA) is 110 Å². The Kier molecular flexibility index (Phi) is 7.26. The van der Waals surface area contributed by atoms with Gasteiger partial charge >= 0.3 is 0 Å². The molecule has 156 valence electrons. The van der Waals surface area contributed by atoms with Crippen molar-refractivity contribution in [3.05, 3.63) is 60.2 Å². The second-order valence-electron chi connectivity index (χ2n) is 7.38. The first-order valence-electron chi connectivity index (χ1n) is 9.88. The smallest absolute Gasteiger partial charge is 0.227 e. The summed E-state index contributed by atoms with van der Waals surface area (Å²) in [7, 11) is 0. The average Bonchev–Trinajstić information content (AvgIpc) is 3.20. The molecular weight excluding hydrogens is 382 g/mol. The van der Waals surface area contributed by atoms with Crippen molar-refractivity contribution in [3.63, 3.8) is 0 Å². The molecule has 2 heterocycles. The maximum Gasteiger partial charge on any atom is 0.227 e. The fourth-order valence-corrected chi connectivity index (χ4v) is 2.82. The first kappa shape index (κ1) is 21.2. The summed E-state index contributed by atoms with van der Waals surface area (Å²) in [6.45, 7) is 4.37. The van der Waals surface area contributed by atoms with E-state index in [-0.39, 0.29) is 18.2 Å². The molecule has 2 aromatic heterocycles. The molecule has 2 amide bonds. The Hall–Kier alpha value is -3.55. The molecule has 2 N–H and O–H groups in total. The van der Waals surface area contributed by atoms with Gasteiger partial charge < -0.3 is 15.2 Å². The maximum absolute atomic E-state index is 12.2. The number of nitrogens with zero attached hydrogens (tertiary/aromatic N) is 3. The number of pyridine rings is 1. The number of aromatic nitrogens is 3. The minimum Gasteiger partial charge on any atom is -0.352 e. The maximum atomic E-state index is 12.2. The summed E-state index contributed by atoms with van der Waals surface area (Å²) in [5.74, 6) is 1.02. The molecule has 30 heavy (non-hydrogen) atoms. The molecule has 3 rings (SSSR count). The zero-order valence-corrected chi connectivity index (χ0v) is 17.1. The van der Waals surface area contributed by atoms with Crippen LogP contribution in [0.4, 0.5) is 5.69 Å². The molecule has 0 radical (unpaired) electrons. The zero-order valence-electron chi connectivity index (χ0n) is 17.1. The Labute approximate surface area is 175 Å². The van der Waals surface area contributed by atoms with Crippen molar-refractivity contribution in [2.45, 2.75) is 39.7 Å². The van der Waals surface area contributed by atoms with Crippen LogP contribution in [0.2, 0.25) is 0 Å². The molecule has 0 atom stereocenters. The highest BCUT2D eigenvalue weighted by molar-refractivity contribution is 5.90. The van der Waals surface area contributed by atoms with Crippen LogP contribution in [-0.4, -0.2) is 26.9 Å². The molecule has 8 nitrogen and oxygen atoms in total. The van der Waals surface area contributed by atoms with Gasteiger partial charge in [0.05, 0.1) is 0 Å². The molecule has 0 saturated carbocycles. The van der Waals surface area contributed by atoms with Gasteiger partial charge in [0, 0.05) is 49.5 Å². The van der Waals surface area contributed by atoms with E-state index in [1.165, 1.54) is 0 Å². The predicted octanol–water partition coefficient (Wildman–Crippen LogP) is 3.37. The third-order valence-corrected chi connectivity index (χ3v) is 4.25. The minimum atomic E-state index is -0.120. The highest BCUT2D eigenvalue weighted by atomic mass is 16.5. The van der Waals surface area contributed by atoms with Crippen LogP contribution in [0.15, 0.2) is 53.3 Å². The van der Waals surface area contributed by atoms with Gasteiger partial charge in [-0.3, -0.25) is 14.6 Å². The lowest BCUT2D eigenvalue weighted by Crippen LogP contribution is -2.23. The number of hydrogen-bond acceptors (Lipinski definition) is 6. The van der Waals surface area contributed by atoms with Crippen molar-refractivity contribution in [2.75, 3.05) is 5.32 Å². The lowest BCUT2D eigenvalue weighted by atomic mass is 10.1. The van der Waals surface area contributed by atoms with Gasteiger partial charge in [-0.2, -0.15) is 4.98 Å². The second-order valence-corrected chi connectivity index (χ2v) is 7.38. The number of hydrogen-bond donors (Lipinski definition) is 2. The van der Waals surface area contributed by atoms with Crippen LogP contribution in [0.3, 0.4) is 0 Å². The minimum absolute atomic E-state index is 0.0172. The van der Waals surface area contributed by atoms with Crippen molar-refractivity contribution >= 4 is 17.5 Å². The summed E-state index contributed by atoms with van der Waals surface area (Å²) in [6.07, 6.45) is 4.38. The Balaban J connectivity index is 1.45. The van der Waals surface area contributed by atoms with Gasteiger partial charge in [-0.25, -0.2) is 0 Å². The predicted molar refractivity (Wildman–Crippen MR) is 112 cm³/mol. The molecular formula is C22H25N5O3. The van der Waals surface area contributed by atoms with Gasteiger partial charge in [0.1, 0.15) is 0 Å². The molecule has 0 saturated heterocycles. The summed E-state index contributed by atoms with van der Waals surface area (Å²) in [4.78, 5) is 32.4. The van der Waals surface area contributed by atoms with Crippen LogP contribution in [-0.2, 0) is 22.6 Å². The normalized spacial score (nSPS) is 10.8. The van der Waals surface area contributed by atoms with E-state index in [0.717, 1.165) is 16.8 Å². The number of anilines is 1. The Morgan fingerprint density at radius 2 is 2.00 bits per heavy atom. The van der Waals surface area contributed by atoms with Gasteiger partial charge in [0.15, 0.2) is 0 Å². The van der Waals surface area contributed by atoms with Crippen LogP contribution in [0.25, 0.3) is 11.4 Å². The first-order valence-corrected chi connectivity index (χ1v) is 9.88. The third kappa shape index (κ3) is 6.51. The number of benzene rings is 1. The van der Waals surface area contributed by atoms with Crippen LogP contribution in [0.1, 0.15) is 38.1 Å². The number of amides is 2. The molecule has 0 aliphatic heterocycles. The lowest BCUT2D eigenvalue weighted by molar-refractivity contribution is -0.121. The van der Waals surface area contributed by atoms with E-state index in [1.807, 2.05) is 44.2 Å². The molecule has 1 aromatic carbocycles. The Morgan fingerprint density at radius 1 is 1.13 bits per heavy atom. The van der Waals surface area contributed by atoms with E-state index in [1.54, 1.807) is 18.5 Å². The Bertz CT molecular complexity index is 985. The SMILES string of the molecule is CC(C)CC(=O)Nc1cccc(CNC(=O)CCc2nc(-c3cccnc3)no2)c1. The van der Waals surface area contributed by atoms with E-state index >= 15 is 0 Å². The summed E-state index contributed by atoms with van der Waals surface area (Å²) < 4.78 is 5.20. The largest absolute Gasteiger partial charge is 0.352 e. The molecule has 8 heteroatoms. The summed E-state index contributed by atoms with van der Waals surface area (Å²) in [6, 6.07) is 11.1. The highest BCUT2D eigenvalue weighted by Gasteiger charge is 2.11. The average molecular weight is 407 g/mol. The van der Waals surface area contributed by atoms with Gasteiger partial charge in [-0.05, 0) is 35.7 Å². The third-order valence-electron chi connectivity index (χ3n) is 4.25. The first-order chi connectivity index (χ1) is 14.5. The van der Waals surface area contributed by atoms with Crippen molar-refractivity contribution in [3.8, 4) is 11.4 Å². The summed E-state index contributed by atoms with van der Waals surface area (Å²) >= 11 is 0. The fraction of sp³-hybridized carbons (Fsp3) is 0.318. The van der Waals surface area contributed by atoms with Crippen LogP contribution >= 0.6 is 0 Å². The molecule has 0 aliphatic rings. The molecule has 0 fully saturated rings. The second kappa shape index (κ2) is 10.3. The van der Waals surface area contributed by atoms with Crippen molar-refractivity contribution in [1.82, 2.24) is 20.4 Å². The van der Waals surface area contributed by atoms with E-state index in [0.29, 0.717) is 37.0 Å². The molecule has 0 unspecified atom stereocenters. The van der Waals surface area contributed by atoms with Crippen LogP contribution in [0.5, 0.6) is 0 Å². The van der Waals surface area contributed by atoms with Gasteiger partial charge in [0.2, 0.25) is 23.5 Å². The monoisotopic (exact) mass is 407 g/mol. The van der Waals surface area contributed by atoms with E-state index < -0.39 is 0 Å². The van der Waals surface area contributed by atoms with E-state index in [2.05, 4.69) is 25.8 Å². The highest BCUT2D eigenvalue weighted by Crippen LogP contribution is 2.15.